The molecule has 0 aliphatic carbocycles. The fraction of sp³-hybridized carbons (Fsp3) is 0.364. The van der Waals surface area contributed by atoms with Gasteiger partial charge in [-0.05, 0) is 36.8 Å². The standard InChI is InChI=1S/C22H28N4O3/c1-17(25-11-13-26(14-12-25)20-5-3-2-4-6-20)15-23-22(29)24-16-18-7-9-19(10-8-18)21(27)28/h2-10,17H,11-16H2,1H3,(H,27,28)(H2,23,24,29). The van der Waals surface area contributed by atoms with E-state index in [2.05, 4.69) is 51.6 Å². The van der Waals surface area contributed by atoms with Crippen LogP contribution in [0.4, 0.5) is 10.5 Å². The molecule has 1 aliphatic rings. The molecule has 0 saturated carbocycles. The van der Waals surface area contributed by atoms with Gasteiger partial charge in [-0.25, -0.2) is 9.59 Å². The SMILES string of the molecule is CC(CNC(=O)NCc1ccc(C(=O)O)cc1)N1CCN(c2ccccc2)CC1. The molecule has 1 aliphatic heterocycles. The molecule has 0 spiro atoms. The Morgan fingerprint density at radius 1 is 0.966 bits per heavy atom. The van der Waals surface area contributed by atoms with Crippen molar-refractivity contribution in [2.24, 2.45) is 0 Å². The highest BCUT2D eigenvalue weighted by Crippen LogP contribution is 2.16. The van der Waals surface area contributed by atoms with Crippen molar-refractivity contribution in [1.82, 2.24) is 15.5 Å². The smallest absolute Gasteiger partial charge is 0.335 e. The second-order valence-corrected chi connectivity index (χ2v) is 7.27. The van der Waals surface area contributed by atoms with Crippen LogP contribution >= 0.6 is 0 Å². The zero-order chi connectivity index (χ0) is 20.6. The van der Waals surface area contributed by atoms with Crippen molar-refractivity contribution in [2.75, 3.05) is 37.6 Å². The zero-order valence-electron chi connectivity index (χ0n) is 16.7. The van der Waals surface area contributed by atoms with E-state index in [-0.39, 0.29) is 17.6 Å². The Balaban J connectivity index is 1.36. The van der Waals surface area contributed by atoms with Gasteiger partial charge in [-0.15, -0.1) is 0 Å². The second kappa shape index (κ2) is 9.93. The number of piperazine rings is 1. The summed E-state index contributed by atoms with van der Waals surface area (Å²) in [5.41, 5.74) is 2.35. The van der Waals surface area contributed by atoms with Crippen LogP contribution in [0.5, 0.6) is 0 Å². The Morgan fingerprint density at radius 3 is 2.24 bits per heavy atom. The van der Waals surface area contributed by atoms with Crippen molar-refractivity contribution in [3.05, 3.63) is 65.7 Å². The lowest BCUT2D eigenvalue weighted by Crippen LogP contribution is -2.53. The number of anilines is 1. The van der Waals surface area contributed by atoms with E-state index in [0.29, 0.717) is 13.1 Å². The first-order chi connectivity index (χ1) is 14.0. The predicted octanol–water partition coefficient (Wildman–Crippen LogP) is 2.39. The fourth-order valence-electron chi connectivity index (χ4n) is 3.44. The van der Waals surface area contributed by atoms with Crippen molar-refractivity contribution in [2.45, 2.75) is 19.5 Å². The van der Waals surface area contributed by atoms with E-state index < -0.39 is 5.97 Å². The highest BCUT2D eigenvalue weighted by molar-refractivity contribution is 5.87. The summed E-state index contributed by atoms with van der Waals surface area (Å²) in [6, 6.07) is 17.0. The first-order valence-corrected chi connectivity index (χ1v) is 9.91. The largest absolute Gasteiger partial charge is 0.478 e. The Labute approximate surface area is 171 Å². The normalized spacial score (nSPS) is 15.6. The Morgan fingerprint density at radius 2 is 1.62 bits per heavy atom. The molecule has 2 amide bonds. The molecule has 3 rings (SSSR count). The van der Waals surface area contributed by atoms with E-state index in [9.17, 15) is 9.59 Å². The van der Waals surface area contributed by atoms with Gasteiger partial charge in [0.05, 0.1) is 5.56 Å². The van der Waals surface area contributed by atoms with Crippen molar-refractivity contribution < 1.29 is 14.7 Å². The van der Waals surface area contributed by atoms with E-state index in [0.717, 1.165) is 31.7 Å². The second-order valence-electron chi connectivity index (χ2n) is 7.27. The maximum atomic E-state index is 12.1. The number of para-hydroxylation sites is 1. The van der Waals surface area contributed by atoms with Gasteiger partial charge in [0.15, 0.2) is 0 Å². The van der Waals surface area contributed by atoms with E-state index >= 15 is 0 Å². The highest BCUT2D eigenvalue weighted by atomic mass is 16.4. The lowest BCUT2D eigenvalue weighted by atomic mass is 10.1. The van der Waals surface area contributed by atoms with Crippen LogP contribution in [0, 0.1) is 0 Å². The quantitative estimate of drug-likeness (QED) is 0.669. The van der Waals surface area contributed by atoms with Crippen molar-refractivity contribution in [1.29, 1.82) is 0 Å². The minimum Gasteiger partial charge on any atom is -0.478 e. The van der Waals surface area contributed by atoms with Gasteiger partial charge in [0.25, 0.3) is 0 Å². The van der Waals surface area contributed by atoms with Crippen molar-refractivity contribution >= 4 is 17.7 Å². The average Bonchev–Trinajstić information content (AvgIpc) is 2.77. The maximum Gasteiger partial charge on any atom is 0.335 e. The zero-order valence-corrected chi connectivity index (χ0v) is 16.7. The number of urea groups is 1. The Kier molecular flexibility index (Phi) is 7.08. The van der Waals surface area contributed by atoms with Gasteiger partial charge in [0, 0.05) is 51.0 Å². The molecule has 29 heavy (non-hydrogen) atoms. The monoisotopic (exact) mass is 396 g/mol. The van der Waals surface area contributed by atoms with Crippen LogP contribution in [-0.4, -0.2) is 60.8 Å². The summed E-state index contributed by atoms with van der Waals surface area (Å²) in [5, 5.41) is 14.6. The summed E-state index contributed by atoms with van der Waals surface area (Å²) < 4.78 is 0. The molecule has 1 fully saturated rings. The summed E-state index contributed by atoms with van der Waals surface area (Å²) >= 11 is 0. The lowest BCUT2D eigenvalue weighted by molar-refractivity contribution is 0.0697. The maximum absolute atomic E-state index is 12.1. The molecule has 7 heteroatoms. The first kappa shape index (κ1) is 20.7. The third-order valence-electron chi connectivity index (χ3n) is 5.27. The number of benzene rings is 2. The first-order valence-electron chi connectivity index (χ1n) is 9.91. The summed E-state index contributed by atoms with van der Waals surface area (Å²) in [4.78, 5) is 27.7. The molecule has 0 bridgehead atoms. The van der Waals surface area contributed by atoms with E-state index in [4.69, 9.17) is 5.11 Å². The average molecular weight is 396 g/mol. The highest BCUT2D eigenvalue weighted by Gasteiger charge is 2.21. The van der Waals surface area contributed by atoms with Gasteiger partial charge in [0.2, 0.25) is 0 Å². The van der Waals surface area contributed by atoms with E-state index in [1.807, 2.05) is 6.07 Å². The predicted molar refractivity (Wildman–Crippen MR) is 113 cm³/mol. The topological polar surface area (TPSA) is 84.9 Å². The molecule has 0 aromatic heterocycles. The molecule has 1 atom stereocenters. The van der Waals surface area contributed by atoms with Gasteiger partial charge in [0.1, 0.15) is 0 Å². The molecule has 2 aromatic rings. The van der Waals surface area contributed by atoms with E-state index in [1.54, 1.807) is 12.1 Å². The van der Waals surface area contributed by atoms with Crippen LogP contribution in [0.2, 0.25) is 0 Å². The molecule has 1 heterocycles. The van der Waals surface area contributed by atoms with E-state index in [1.165, 1.54) is 17.8 Å². The summed E-state index contributed by atoms with van der Waals surface area (Å²) in [7, 11) is 0. The number of rotatable bonds is 7. The minimum absolute atomic E-state index is 0.220. The number of nitrogens with one attached hydrogen (secondary N) is 2. The molecule has 7 nitrogen and oxygen atoms in total. The molecular weight excluding hydrogens is 368 g/mol. The van der Waals surface area contributed by atoms with Crippen LogP contribution in [-0.2, 0) is 6.54 Å². The molecule has 1 saturated heterocycles. The number of carbonyl (C=O) groups is 2. The summed E-state index contributed by atoms with van der Waals surface area (Å²) in [5.74, 6) is -0.958. The van der Waals surface area contributed by atoms with Crippen LogP contribution in [0.25, 0.3) is 0 Å². The fourth-order valence-corrected chi connectivity index (χ4v) is 3.44. The van der Waals surface area contributed by atoms with Gasteiger partial charge < -0.3 is 20.6 Å². The molecular formula is C22H28N4O3. The number of aromatic carboxylic acids is 1. The molecule has 2 aromatic carbocycles. The van der Waals surface area contributed by atoms with Crippen LogP contribution in [0.1, 0.15) is 22.8 Å². The van der Waals surface area contributed by atoms with Gasteiger partial charge in [-0.2, -0.15) is 0 Å². The molecule has 0 radical (unpaired) electrons. The number of carboxylic acid groups (broad SMARTS) is 1. The lowest BCUT2D eigenvalue weighted by Gasteiger charge is -2.39. The number of nitrogens with zero attached hydrogens (tertiary/aromatic N) is 2. The number of carboxylic acids is 1. The third-order valence-corrected chi connectivity index (χ3v) is 5.27. The molecule has 1 unspecified atom stereocenters. The molecule has 3 N–H and O–H groups in total. The van der Waals surface area contributed by atoms with Gasteiger partial charge in [-0.3, -0.25) is 4.90 Å². The van der Waals surface area contributed by atoms with Gasteiger partial charge in [-0.1, -0.05) is 30.3 Å². The molecule has 154 valence electrons. The van der Waals surface area contributed by atoms with Crippen molar-refractivity contribution in [3.63, 3.8) is 0 Å². The number of amides is 2. The Hall–Kier alpha value is -3.06. The third kappa shape index (κ3) is 5.96. The van der Waals surface area contributed by atoms with Gasteiger partial charge >= 0.3 is 12.0 Å². The Bertz CT molecular complexity index is 803. The van der Waals surface area contributed by atoms with Crippen LogP contribution < -0.4 is 15.5 Å². The number of hydrogen-bond acceptors (Lipinski definition) is 4. The summed E-state index contributed by atoms with van der Waals surface area (Å²) in [6.07, 6.45) is 0. The summed E-state index contributed by atoms with van der Waals surface area (Å²) in [6.45, 7) is 6.96. The number of carbonyl (C=O) groups excluding carboxylic acids is 1. The van der Waals surface area contributed by atoms with Crippen LogP contribution in [0.3, 0.4) is 0 Å². The number of hydrogen-bond donors (Lipinski definition) is 3. The van der Waals surface area contributed by atoms with Crippen molar-refractivity contribution in [3.8, 4) is 0 Å². The minimum atomic E-state index is -0.958. The van der Waals surface area contributed by atoms with Crippen LogP contribution in [0.15, 0.2) is 54.6 Å².